The zero-order chi connectivity index (χ0) is 21.4. The Labute approximate surface area is 173 Å². The van der Waals surface area contributed by atoms with Gasteiger partial charge in [-0.25, -0.2) is 4.79 Å². The van der Waals surface area contributed by atoms with Gasteiger partial charge in [-0.15, -0.1) is 0 Å². The number of amides is 1. The van der Waals surface area contributed by atoms with Gasteiger partial charge in [0.2, 0.25) is 0 Å². The number of unbranched alkanes of at least 4 members (excludes halogenated alkanes) is 2. The molecule has 0 aliphatic rings. The predicted octanol–water partition coefficient (Wildman–Crippen LogP) is 4.89. The number of methoxy groups -OCH3 is 1. The van der Waals surface area contributed by atoms with Crippen molar-refractivity contribution in [1.82, 2.24) is 0 Å². The third kappa shape index (κ3) is 5.68. The average Bonchev–Trinajstić information content (AvgIpc) is 2.71. The number of carbonyl (C=O) groups excluding carboxylic acids is 2. The van der Waals surface area contributed by atoms with Crippen LogP contribution in [0.3, 0.4) is 0 Å². The Hall–Kier alpha value is -3.13. The highest BCUT2D eigenvalue weighted by molar-refractivity contribution is 6.36. The van der Waals surface area contributed by atoms with Gasteiger partial charge in [0.25, 0.3) is 11.6 Å². The van der Waals surface area contributed by atoms with E-state index in [1.165, 1.54) is 31.4 Å². The molecule has 2 rings (SSSR count). The van der Waals surface area contributed by atoms with Crippen molar-refractivity contribution in [2.45, 2.75) is 26.2 Å². The molecule has 0 heterocycles. The van der Waals surface area contributed by atoms with Crippen LogP contribution in [0.25, 0.3) is 0 Å². The quantitative estimate of drug-likeness (QED) is 0.259. The molecular weight excluding hydrogens is 398 g/mol. The Bertz CT molecular complexity index is 917. The van der Waals surface area contributed by atoms with E-state index in [9.17, 15) is 19.7 Å². The van der Waals surface area contributed by atoms with E-state index in [0.717, 1.165) is 19.3 Å². The Morgan fingerprint density at radius 2 is 1.93 bits per heavy atom. The van der Waals surface area contributed by atoms with Crippen LogP contribution in [0, 0.1) is 10.1 Å². The van der Waals surface area contributed by atoms with Crippen LogP contribution < -0.4 is 10.6 Å². The number of nitrogens with one attached hydrogen (secondary N) is 2. The first-order valence-corrected chi connectivity index (χ1v) is 9.47. The van der Waals surface area contributed by atoms with E-state index in [2.05, 4.69) is 17.6 Å². The summed E-state index contributed by atoms with van der Waals surface area (Å²) in [6.45, 7) is 2.78. The van der Waals surface area contributed by atoms with Crippen LogP contribution in [-0.4, -0.2) is 30.5 Å². The van der Waals surface area contributed by atoms with Gasteiger partial charge in [-0.2, -0.15) is 0 Å². The van der Waals surface area contributed by atoms with Crippen molar-refractivity contribution >= 4 is 40.5 Å². The minimum absolute atomic E-state index is 0.0405. The largest absolute Gasteiger partial charge is 0.465 e. The summed E-state index contributed by atoms with van der Waals surface area (Å²) in [5.74, 6) is -1.18. The fourth-order valence-electron chi connectivity index (χ4n) is 2.67. The normalized spacial score (nSPS) is 10.3. The number of hydrogen-bond donors (Lipinski definition) is 2. The lowest BCUT2D eigenvalue weighted by Gasteiger charge is -2.15. The van der Waals surface area contributed by atoms with Crippen molar-refractivity contribution in [2.75, 3.05) is 24.3 Å². The number of nitro benzene ring substituents is 1. The third-order valence-electron chi connectivity index (χ3n) is 4.20. The Morgan fingerprint density at radius 3 is 2.59 bits per heavy atom. The maximum atomic E-state index is 12.7. The fraction of sp³-hybridized carbons (Fsp3) is 0.300. The van der Waals surface area contributed by atoms with E-state index in [0.29, 0.717) is 17.9 Å². The second-order valence-electron chi connectivity index (χ2n) is 6.24. The van der Waals surface area contributed by atoms with Gasteiger partial charge in [-0.3, -0.25) is 14.9 Å². The summed E-state index contributed by atoms with van der Waals surface area (Å²) in [7, 11) is 1.26. The van der Waals surface area contributed by atoms with Crippen LogP contribution in [0.1, 0.15) is 46.9 Å². The van der Waals surface area contributed by atoms with Gasteiger partial charge < -0.3 is 15.4 Å². The lowest BCUT2D eigenvalue weighted by molar-refractivity contribution is -0.384. The van der Waals surface area contributed by atoms with Gasteiger partial charge in [0.05, 0.1) is 34.5 Å². The van der Waals surface area contributed by atoms with Crippen molar-refractivity contribution < 1.29 is 19.2 Å². The molecule has 0 saturated heterocycles. The predicted molar refractivity (Wildman–Crippen MR) is 112 cm³/mol. The van der Waals surface area contributed by atoms with E-state index in [1.54, 1.807) is 12.1 Å². The summed E-state index contributed by atoms with van der Waals surface area (Å²) >= 11 is 6.03. The second kappa shape index (κ2) is 10.4. The highest BCUT2D eigenvalue weighted by Crippen LogP contribution is 2.30. The zero-order valence-corrected chi connectivity index (χ0v) is 16.9. The molecule has 9 heteroatoms. The van der Waals surface area contributed by atoms with E-state index in [4.69, 9.17) is 16.3 Å². The number of anilines is 2. The van der Waals surface area contributed by atoms with Crippen LogP contribution in [0.15, 0.2) is 36.4 Å². The van der Waals surface area contributed by atoms with Crippen LogP contribution in [-0.2, 0) is 4.74 Å². The molecule has 0 spiro atoms. The van der Waals surface area contributed by atoms with Gasteiger partial charge in [0.1, 0.15) is 5.02 Å². The summed E-state index contributed by atoms with van der Waals surface area (Å²) in [6, 6.07) is 8.73. The van der Waals surface area contributed by atoms with Gasteiger partial charge in [-0.05, 0) is 30.7 Å². The summed E-state index contributed by atoms with van der Waals surface area (Å²) in [6.07, 6.45) is 3.06. The summed E-state index contributed by atoms with van der Waals surface area (Å²) in [5.41, 5.74) is 0.814. The molecule has 1 amide bonds. The molecule has 0 aromatic heterocycles. The number of ether oxygens (including phenoxy) is 1. The van der Waals surface area contributed by atoms with Crippen molar-refractivity contribution in [3.8, 4) is 0 Å². The van der Waals surface area contributed by atoms with Crippen LogP contribution >= 0.6 is 11.6 Å². The summed E-state index contributed by atoms with van der Waals surface area (Å²) < 4.78 is 4.73. The fourth-order valence-corrected chi connectivity index (χ4v) is 2.95. The first-order valence-electron chi connectivity index (χ1n) is 9.09. The molecule has 0 aliphatic heterocycles. The van der Waals surface area contributed by atoms with Crippen LogP contribution in [0.4, 0.5) is 17.1 Å². The van der Waals surface area contributed by atoms with Crippen molar-refractivity contribution in [1.29, 1.82) is 0 Å². The Balaban J connectivity index is 2.33. The second-order valence-corrected chi connectivity index (χ2v) is 6.61. The van der Waals surface area contributed by atoms with Gasteiger partial charge in [-0.1, -0.05) is 37.4 Å². The molecule has 154 valence electrons. The average molecular weight is 420 g/mol. The van der Waals surface area contributed by atoms with Crippen molar-refractivity contribution in [3.63, 3.8) is 0 Å². The van der Waals surface area contributed by atoms with E-state index in [-0.39, 0.29) is 21.8 Å². The molecular formula is C20H22ClN3O5. The first kappa shape index (κ1) is 22.2. The minimum Gasteiger partial charge on any atom is -0.465 e. The number of rotatable bonds is 9. The molecule has 0 radical (unpaired) electrons. The molecule has 0 saturated carbocycles. The Kier molecular flexibility index (Phi) is 7.97. The lowest BCUT2D eigenvalue weighted by Crippen LogP contribution is -2.16. The van der Waals surface area contributed by atoms with E-state index >= 15 is 0 Å². The number of nitrogens with zero attached hydrogens (tertiary/aromatic N) is 1. The van der Waals surface area contributed by atoms with E-state index < -0.39 is 16.8 Å². The number of benzene rings is 2. The lowest BCUT2D eigenvalue weighted by atomic mass is 10.1. The number of nitro groups is 1. The van der Waals surface area contributed by atoms with Crippen molar-refractivity contribution in [3.05, 3.63) is 62.7 Å². The number of halogens is 1. The molecule has 0 bridgehead atoms. The molecule has 8 nitrogen and oxygen atoms in total. The smallest absolute Gasteiger partial charge is 0.337 e. The topological polar surface area (TPSA) is 111 Å². The molecule has 2 aromatic rings. The van der Waals surface area contributed by atoms with Gasteiger partial charge in [0, 0.05) is 12.6 Å². The van der Waals surface area contributed by atoms with Crippen LogP contribution in [0.2, 0.25) is 5.02 Å². The molecule has 0 aliphatic carbocycles. The molecule has 0 unspecified atom stereocenters. The molecule has 2 aromatic carbocycles. The number of hydrogen-bond acceptors (Lipinski definition) is 6. The minimum atomic E-state index is -0.655. The summed E-state index contributed by atoms with van der Waals surface area (Å²) in [4.78, 5) is 35.0. The van der Waals surface area contributed by atoms with Crippen molar-refractivity contribution in [2.24, 2.45) is 0 Å². The maximum absolute atomic E-state index is 12.7. The van der Waals surface area contributed by atoms with Gasteiger partial charge >= 0.3 is 5.97 Å². The maximum Gasteiger partial charge on any atom is 0.337 e. The third-order valence-corrected chi connectivity index (χ3v) is 4.60. The first-order chi connectivity index (χ1) is 13.9. The molecule has 0 fully saturated rings. The van der Waals surface area contributed by atoms with Gasteiger partial charge in [0.15, 0.2) is 0 Å². The summed E-state index contributed by atoms with van der Waals surface area (Å²) in [5, 5.41) is 16.7. The number of carbonyl (C=O) groups is 2. The molecule has 2 N–H and O–H groups in total. The molecule has 0 atom stereocenters. The number of esters is 1. The van der Waals surface area contributed by atoms with Crippen LogP contribution in [0.5, 0.6) is 0 Å². The highest BCUT2D eigenvalue weighted by atomic mass is 35.5. The highest BCUT2D eigenvalue weighted by Gasteiger charge is 2.21. The Morgan fingerprint density at radius 1 is 1.17 bits per heavy atom. The monoisotopic (exact) mass is 419 g/mol. The standard InChI is InChI=1S/C20H22ClN3O5/c1-3-4-5-11-22-15-10-9-13(20(26)29-2)12-16(15)23-19(25)14-7-6-8-17(18(14)21)24(27)28/h6-10,12,22H,3-5,11H2,1-2H3,(H,23,25). The zero-order valence-electron chi connectivity index (χ0n) is 16.2. The SMILES string of the molecule is CCCCCNc1ccc(C(=O)OC)cc1NC(=O)c1cccc([N+](=O)[O-])c1Cl. The van der Waals surface area contributed by atoms with E-state index in [1.807, 2.05) is 0 Å². The molecule has 29 heavy (non-hydrogen) atoms.